The van der Waals surface area contributed by atoms with Crippen molar-refractivity contribution < 1.29 is 4.79 Å². The van der Waals surface area contributed by atoms with Gasteiger partial charge in [0.05, 0.1) is 17.2 Å². The van der Waals surface area contributed by atoms with Gasteiger partial charge in [-0.2, -0.15) is 0 Å². The lowest BCUT2D eigenvalue weighted by Crippen LogP contribution is -2.26. The van der Waals surface area contributed by atoms with Crippen molar-refractivity contribution in [3.63, 3.8) is 0 Å². The Hall–Kier alpha value is -1.75. The zero-order chi connectivity index (χ0) is 13.7. The van der Waals surface area contributed by atoms with E-state index >= 15 is 0 Å². The van der Waals surface area contributed by atoms with Crippen LogP contribution in [0.15, 0.2) is 29.9 Å². The Morgan fingerprint density at radius 3 is 2.95 bits per heavy atom. The fraction of sp³-hybridized carbons (Fsp3) is 0.357. The molecule has 0 bridgehead atoms. The Labute approximate surface area is 117 Å². The van der Waals surface area contributed by atoms with Crippen LogP contribution in [0.2, 0.25) is 0 Å². The molecule has 0 aliphatic heterocycles. The molecule has 0 fully saturated rings. The van der Waals surface area contributed by atoms with Gasteiger partial charge in [0.25, 0.3) is 0 Å². The third kappa shape index (κ3) is 4.13. The predicted molar refractivity (Wildman–Crippen MR) is 75.9 cm³/mol. The minimum atomic E-state index is 0.134. The first kappa shape index (κ1) is 13.7. The Bertz CT molecular complexity index is 539. The number of nitrogens with zero attached hydrogens (tertiary/aromatic N) is 3. The number of carbonyl (C=O) groups is 1. The minimum Gasteiger partial charge on any atom is -0.340 e. The van der Waals surface area contributed by atoms with Crippen molar-refractivity contribution in [2.45, 2.75) is 26.3 Å². The molecule has 0 aromatic carbocycles. The van der Waals surface area contributed by atoms with Gasteiger partial charge in [0.2, 0.25) is 5.91 Å². The van der Waals surface area contributed by atoms with Gasteiger partial charge in [0.15, 0.2) is 0 Å². The molecule has 0 atom stereocenters. The summed E-state index contributed by atoms with van der Waals surface area (Å²) in [6, 6.07) is 3.88. The van der Waals surface area contributed by atoms with E-state index in [-0.39, 0.29) is 5.91 Å². The van der Waals surface area contributed by atoms with Crippen molar-refractivity contribution in [2.75, 3.05) is 7.05 Å². The van der Waals surface area contributed by atoms with Crippen LogP contribution in [0.4, 0.5) is 0 Å². The lowest BCUT2D eigenvalue weighted by molar-refractivity contribution is -0.130. The number of hydrogen-bond donors (Lipinski definition) is 0. The summed E-state index contributed by atoms with van der Waals surface area (Å²) >= 11 is 1.61. The number of carbonyl (C=O) groups excluding carboxylic acids is 1. The maximum atomic E-state index is 12.0. The van der Waals surface area contributed by atoms with Gasteiger partial charge in [-0.05, 0) is 25.0 Å². The summed E-state index contributed by atoms with van der Waals surface area (Å²) in [6.07, 6.45) is 4.78. The van der Waals surface area contributed by atoms with Gasteiger partial charge in [-0.3, -0.25) is 9.78 Å². The molecule has 2 aromatic rings. The van der Waals surface area contributed by atoms with Crippen LogP contribution in [-0.2, 0) is 17.8 Å². The van der Waals surface area contributed by atoms with E-state index in [0.717, 1.165) is 22.7 Å². The molecular formula is C14H17N3OS. The van der Waals surface area contributed by atoms with Crippen molar-refractivity contribution in [3.8, 4) is 0 Å². The molecule has 2 rings (SSSR count). The average molecular weight is 275 g/mol. The highest BCUT2D eigenvalue weighted by molar-refractivity contribution is 7.09. The van der Waals surface area contributed by atoms with Crippen molar-refractivity contribution in [1.82, 2.24) is 14.9 Å². The SMILES string of the molecule is Cc1nc(CN(C)C(=O)CCc2cccnc2)cs1. The second-order valence-electron chi connectivity index (χ2n) is 4.47. The van der Waals surface area contributed by atoms with Crippen molar-refractivity contribution in [2.24, 2.45) is 0 Å². The molecule has 0 saturated heterocycles. The Kier molecular flexibility index (Phi) is 4.63. The molecule has 0 spiro atoms. The summed E-state index contributed by atoms with van der Waals surface area (Å²) in [5.41, 5.74) is 2.05. The number of amides is 1. The van der Waals surface area contributed by atoms with Crippen molar-refractivity contribution in [3.05, 3.63) is 46.2 Å². The van der Waals surface area contributed by atoms with Crippen LogP contribution in [-0.4, -0.2) is 27.8 Å². The molecular weight excluding hydrogens is 258 g/mol. The van der Waals surface area contributed by atoms with E-state index in [2.05, 4.69) is 9.97 Å². The fourth-order valence-corrected chi connectivity index (χ4v) is 2.40. The Balaban J connectivity index is 1.82. The zero-order valence-electron chi connectivity index (χ0n) is 11.2. The highest BCUT2D eigenvalue weighted by atomic mass is 32.1. The van der Waals surface area contributed by atoms with Crippen molar-refractivity contribution in [1.29, 1.82) is 0 Å². The summed E-state index contributed by atoms with van der Waals surface area (Å²) in [5, 5.41) is 3.03. The van der Waals surface area contributed by atoms with Gasteiger partial charge in [-0.25, -0.2) is 4.98 Å². The highest BCUT2D eigenvalue weighted by Crippen LogP contribution is 2.11. The van der Waals surface area contributed by atoms with Crippen LogP contribution in [0.5, 0.6) is 0 Å². The van der Waals surface area contributed by atoms with Crippen molar-refractivity contribution >= 4 is 17.2 Å². The van der Waals surface area contributed by atoms with E-state index in [9.17, 15) is 4.79 Å². The first-order valence-corrected chi connectivity index (χ1v) is 7.07. The summed E-state index contributed by atoms with van der Waals surface area (Å²) < 4.78 is 0. The molecule has 2 heterocycles. The number of hydrogen-bond acceptors (Lipinski definition) is 4. The predicted octanol–water partition coefficient (Wildman–Crippen LogP) is 2.44. The van der Waals surface area contributed by atoms with E-state index in [0.29, 0.717) is 13.0 Å². The summed E-state index contributed by atoms with van der Waals surface area (Å²) in [5.74, 6) is 0.134. The lowest BCUT2D eigenvalue weighted by atomic mass is 10.1. The van der Waals surface area contributed by atoms with Crippen LogP contribution in [0, 0.1) is 6.92 Å². The largest absolute Gasteiger partial charge is 0.340 e. The molecule has 4 nitrogen and oxygen atoms in total. The monoisotopic (exact) mass is 275 g/mol. The topological polar surface area (TPSA) is 46.1 Å². The Morgan fingerprint density at radius 2 is 2.32 bits per heavy atom. The molecule has 100 valence electrons. The first-order valence-electron chi connectivity index (χ1n) is 6.19. The molecule has 0 N–H and O–H groups in total. The van der Waals surface area contributed by atoms with Crippen LogP contribution in [0.25, 0.3) is 0 Å². The average Bonchev–Trinajstić information content (AvgIpc) is 2.82. The molecule has 2 aromatic heterocycles. The van der Waals surface area contributed by atoms with Gasteiger partial charge < -0.3 is 4.90 Å². The summed E-state index contributed by atoms with van der Waals surface area (Å²) in [7, 11) is 1.82. The molecule has 1 amide bonds. The molecule has 19 heavy (non-hydrogen) atoms. The zero-order valence-corrected chi connectivity index (χ0v) is 12.0. The molecule has 0 radical (unpaired) electrons. The summed E-state index contributed by atoms with van der Waals surface area (Å²) in [6.45, 7) is 2.55. The summed E-state index contributed by atoms with van der Waals surface area (Å²) in [4.78, 5) is 22.1. The van der Waals surface area contributed by atoms with Gasteiger partial charge in [-0.1, -0.05) is 6.07 Å². The molecule has 0 saturated carbocycles. The van der Waals surface area contributed by atoms with Crippen LogP contribution >= 0.6 is 11.3 Å². The number of rotatable bonds is 5. The number of aromatic nitrogens is 2. The highest BCUT2D eigenvalue weighted by Gasteiger charge is 2.10. The second-order valence-corrected chi connectivity index (χ2v) is 5.53. The Morgan fingerprint density at radius 1 is 1.47 bits per heavy atom. The second kappa shape index (κ2) is 6.43. The van der Waals surface area contributed by atoms with E-state index < -0.39 is 0 Å². The maximum Gasteiger partial charge on any atom is 0.222 e. The van der Waals surface area contributed by atoms with Gasteiger partial charge in [-0.15, -0.1) is 11.3 Å². The molecule has 0 unspecified atom stereocenters. The smallest absolute Gasteiger partial charge is 0.222 e. The number of aryl methyl sites for hydroxylation is 2. The molecule has 5 heteroatoms. The van der Waals surface area contributed by atoms with Gasteiger partial charge >= 0.3 is 0 Å². The standard InChI is InChI=1S/C14H17N3OS/c1-11-16-13(10-19-11)9-17(2)14(18)6-5-12-4-3-7-15-8-12/h3-4,7-8,10H,5-6,9H2,1-2H3. The van der Waals surface area contributed by atoms with Crippen LogP contribution in [0.3, 0.4) is 0 Å². The number of pyridine rings is 1. The maximum absolute atomic E-state index is 12.0. The first-order chi connectivity index (χ1) is 9.15. The van der Waals surface area contributed by atoms with E-state index in [1.165, 1.54) is 0 Å². The third-order valence-electron chi connectivity index (χ3n) is 2.84. The van der Waals surface area contributed by atoms with Gasteiger partial charge in [0, 0.05) is 31.2 Å². The van der Waals surface area contributed by atoms with Crippen LogP contribution in [0.1, 0.15) is 22.7 Å². The van der Waals surface area contributed by atoms with E-state index in [1.807, 2.05) is 31.5 Å². The van der Waals surface area contributed by atoms with E-state index in [4.69, 9.17) is 0 Å². The molecule has 0 aliphatic carbocycles. The quantitative estimate of drug-likeness (QED) is 0.842. The van der Waals surface area contributed by atoms with Gasteiger partial charge in [0.1, 0.15) is 0 Å². The fourth-order valence-electron chi connectivity index (χ4n) is 1.80. The minimum absolute atomic E-state index is 0.134. The lowest BCUT2D eigenvalue weighted by Gasteiger charge is -2.15. The van der Waals surface area contributed by atoms with E-state index in [1.54, 1.807) is 28.6 Å². The normalized spacial score (nSPS) is 10.4. The third-order valence-corrected chi connectivity index (χ3v) is 3.66. The molecule has 0 aliphatic rings. The number of thiazole rings is 1. The van der Waals surface area contributed by atoms with Crippen LogP contribution < -0.4 is 0 Å².